The zero-order valence-electron chi connectivity index (χ0n) is 7.46. The van der Waals surface area contributed by atoms with E-state index in [4.69, 9.17) is 11.5 Å². The molecule has 5 N–H and O–H groups in total. The highest BCUT2D eigenvalue weighted by atomic mass is 14.9. The molecule has 2 rings (SSSR count). The third-order valence-electron chi connectivity index (χ3n) is 2.42. The average Bonchev–Trinajstić information content (AvgIpc) is 2.53. The summed E-state index contributed by atoms with van der Waals surface area (Å²) < 4.78 is 0. The summed E-state index contributed by atoms with van der Waals surface area (Å²) >= 11 is 0. The Morgan fingerprint density at radius 2 is 2.00 bits per heavy atom. The Morgan fingerprint density at radius 1 is 1.31 bits per heavy atom. The van der Waals surface area contributed by atoms with Gasteiger partial charge < -0.3 is 16.8 Å². The highest BCUT2D eigenvalue weighted by molar-refractivity contribution is 5.45. The number of nitrogens with zero attached hydrogens (tertiary/aromatic N) is 1. The molecule has 1 aliphatic heterocycles. The molecule has 1 aromatic rings. The van der Waals surface area contributed by atoms with Crippen LogP contribution < -0.4 is 16.8 Å². The van der Waals surface area contributed by atoms with Crippen molar-refractivity contribution in [1.82, 2.24) is 10.3 Å². The lowest BCUT2D eigenvalue weighted by Crippen LogP contribution is -2.09. The SMILES string of the molecule is Nc1cc(C2CCNC2)cc(N)n1. The van der Waals surface area contributed by atoms with E-state index in [1.165, 1.54) is 5.56 Å². The van der Waals surface area contributed by atoms with Gasteiger partial charge in [-0.25, -0.2) is 4.98 Å². The van der Waals surface area contributed by atoms with Crippen LogP contribution in [0, 0.1) is 0 Å². The third-order valence-corrected chi connectivity index (χ3v) is 2.42. The van der Waals surface area contributed by atoms with Gasteiger partial charge in [-0.2, -0.15) is 0 Å². The van der Waals surface area contributed by atoms with Crippen LogP contribution in [0.25, 0.3) is 0 Å². The summed E-state index contributed by atoms with van der Waals surface area (Å²) in [7, 11) is 0. The number of hydrogen-bond acceptors (Lipinski definition) is 4. The number of hydrogen-bond donors (Lipinski definition) is 3. The van der Waals surface area contributed by atoms with Crippen molar-refractivity contribution in [2.75, 3.05) is 24.6 Å². The van der Waals surface area contributed by atoms with Crippen molar-refractivity contribution in [2.45, 2.75) is 12.3 Å². The van der Waals surface area contributed by atoms with Gasteiger partial charge in [0.15, 0.2) is 0 Å². The Bertz CT molecular complexity index is 284. The van der Waals surface area contributed by atoms with Gasteiger partial charge in [0, 0.05) is 6.54 Å². The predicted octanol–water partition coefficient (Wildman–Crippen LogP) is 0.323. The van der Waals surface area contributed by atoms with Gasteiger partial charge >= 0.3 is 0 Å². The largest absolute Gasteiger partial charge is 0.384 e. The van der Waals surface area contributed by atoms with Crippen LogP contribution in [0.4, 0.5) is 11.6 Å². The molecule has 0 amide bonds. The number of anilines is 2. The lowest BCUT2D eigenvalue weighted by atomic mass is 9.99. The zero-order chi connectivity index (χ0) is 9.26. The highest BCUT2D eigenvalue weighted by Gasteiger charge is 2.17. The molecular formula is C9H14N4. The Morgan fingerprint density at radius 3 is 2.54 bits per heavy atom. The Hall–Kier alpha value is -1.29. The van der Waals surface area contributed by atoms with E-state index in [0.29, 0.717) is 17.6 Å². The first-order valence-corrected chi connectivity index (χ1v) is 4.49. The molecule has 1 unspecified atom stereocenters. The van der Waals surface area contributed by atoms with Crippen LogP contribution in [-0.4, -0.2) is 18.1 Å². The molecule has 4 heteroatoms. The van der Waals surface area contributed by atoms with Gasteiger partial charge in [0.1, 0.15) is 11.6 Å². The number of nitrogens with two attached hydrogens (primary N) is 2. The van der Waals surface area contributed by atoms with Gasteiger partial charge in [-0.15, -0.1) is 0 Å². The standard InChI is InChI=1S/C9H14N4/c10-8-3-7(4-9(11)13-8)6-1-2-12-5-6/h3-4,6,12H,1-2,5H2,(H4,10,11,13). The summed E-state index contributed by atoms with van der Waals surface area (Å²) in [5.41, 5.74) is 12.4. The van der Waals surface area contributed by atoms with Crippen LogP contribution in [0.5, 0.6) is 0 Å². The topological polar surface area (TPSA) is 77.0 Å². The van der Waals surface area contributed by atoms with Gasteiger partial charge in [-0.3, -0.25) is 0 Å². The molecule has 1 fully saturated rings. The monoisotopic (exact) mass is 178 g/mol. The van der Waals surface area contributed by atoms with Crippen LogP contribution in [0.1, 0.15) is 17.9 Å². The van der Waals surface area contributed by atoms with Crippen LogP contribution in [-0.2, 0) is 0 Å². The molecule has 0 spiro atoms. The van der Waals surface area contributed by atoms with E-state index < -0.39 is 0 Å². The average molecular weight is 178 g/mol. The number of aromatic nitrogens is 1. The Balaban J connectivity index is 2.28. The summed E-state index contributed by atoms with van der Waals surface area (Å²) in [4.78, 5) is 3.94. The van der Waals surface area contributed by atoms with E-state index in [0.717, 1.165) is 19.5 Å². The van der Waals surface area contributed by atoms with Gasteiger partial charge in [0.25, 0.3) is 0 Å². The van der Waals surface area contributed by atoms with Crippen molar-refractivity contribution in [3.05, 3.63) is 17.7 Å². The van der Waals surface area contributed by atoms with Crippen LogP contribution in [0.15, 0.2) is 12.1 Å². The molecule has 1 aliphatic rings. The lowest BCUT2D eigenvalue weighted by molar-refractivity contribution is 0.763. The van der Waals surface area contributed by atoms with Crippen molar-refractivity contribution >= 4 is 11.6 Å². The summed E-state index contributed by atoms with van der Waals surface area (Å²) in [5, 5.41) is 3.31. The van der Waals surface area contributed by atoms with E-state index in [2.05, 4.69) is 10.3 Å². The summed E-state index contributed by atoms with van der Waals surface area (Å²) in [6.07, 6.45) is 1.16. The smallest absolute Gasteiger partial charge is 0.126 e. The van der Waals surface area contributed by atoms with Gasteiger partial charge in [-0.05, 0) is 36.6 Å². The molecule has 0 radical (unpaired) electrons. The van der Waals surface area contributed by atoms with E-state index >= 15 is 0 Å². The van der Waals surface area contributed by atoms with E-state index in [9.17, 15) is 0 Å². The summed E-state index contributed by atoms with van der Waals surface area (Å²) in [6.45, 7) is 2.09. The van der Waals surface area contributed by atoms with Crippen molar-refractivity contribution in [3.8, 4) is 0 Å². The second-order valence-electron chi connectivity index (χ2n) is 3.44. The first kappa shape index (κ1) is 8.31. The zero-order valence-corrected chi connectivity index (χ0v) is 7.46. The normalized spacial score (nSPS) is 22.0. The van der Waals surface area contributed by atoms with Crippen LogP contribution >= 0.6 is 0 Å². The minimum absolute atomic E-state index is 0.516. The van der Waals surface area contributed by atoms with Crippen molar-refractivity contribution in [3.63, 3.8) is 0 Å². The molecule has 1 aromatic heterocycles. The molecule has 0 saturated carbocycles. The van der Waals surface area contributed by atoms with E-state index in [-0.39, 0.29) is 0 Å². The maximum atomic E-state index is 5.62. The van der Waals surface area contributed by atoms with Crippen LogP contribution in [0.3, 0.4) is 0 Å². The molecule has 2 heterocycles. The first-order chi connectivity index (χ1) is 6.25. The molecule has 0 aromatic carbocycles. The summed E-state index contributed by atoms with van der Waals surface area (Å²) in [5.74, 6) is 1.58. The van der Waals surface area contributed by atoms with Crippen molar-refractivity contribution < 1.29 is 0 Å². The van der Waals surface area contributed by atoms with E-state index in [1.807, 2.05) is 12.1 Å². The summed E-state index contributed by atoms with van der Waals surface area (Å²) in [6, 6.07) is 3.82. The number of nitrogen functional groups attached to an aromatic ring is 2. The van der Waals surface area contributed by atoms with Crippen LogP contribution in [0.2, 0.25) is 0 Å². The second-order valence-corrected chi connectivity index (χ2v) is 3.44. The predicted molar refractivity (Wildman–Crippen MR) is 53.3 cm³/mol. The number of rotatable bonds is 1. The molecule has 0 bridgehead atoms. The molecule has 1 atom stereocenters. The fourth-order valence-corrected chi connectivity index (χ4v) is 1.77. The minimum atomic E-state index is 0.516. The molecular weight excluding hydrogens is 164 g/mol. The lowest BCUT2D eigenvalue weighted by Gasteiger charge is -2.09. The molecule has 0 aliphatic carbocycles. The Kier molecular flexibility index (Phi) is 2.06. The second kappa shape index (κ2) is 3.22. The van der Waals surface area contributed by atoms with Gasteiger partial charge in [0.05, 0.1) is 0 Å². The van der Waals surface area contributed by atoms with Crippen molar-refractivity contribution in [1.29, 1.82) is 0 Å². The van der Waals surface area contributed by atoms with Crippen molar-refractivity contribution in [2.24, 2.45) is 0 Å². The maximum Gasteiger partial charge on any atom is 0.126 e. The highest BCUT2D eigenvalue weighted by Crippen LogP contribution is 2.24. The van der Waals surface area contributed by atoms with Gasteiger partial charge in [0.2, 0.25) is 0 Å². The molecule has 70 valence electrons. The number of pyridine rings is 1. The Labute approximate surface area is 77.3 Å². The van der Waals surface area contributed by atoms with E-state index in [1.54, 1.807) is 0 Å². The fourth-order valence-electron chi connectivity index (χ4n) is 1.77. The first-order valence-electron chi connectivity index (χ1n) is 4.49. The molecule has 13 heavy (non-hydrogen) atoms. The quantitative estimate of drug-likeness (QED) is 0.579. The molecule has 4 nitrogen and oxygen atoms in total. The third kappa shape index (κ3) is 1.72. The fraction of sp³-hybridized carbons (Fsp3) is 0.444. The molecule has 1 saturated heterocycles. The minimum Gasteiger partial charge on any atom is -0.384 e. The maximum absolute atomic E-state index is 5.62. The van der Waals surface area contributed by atoms with Gasteiger partial charge in [-0.1, -0.05) is 0 Å². The number of nitrogens with one attached hydrogen (secondary N) is 1.